The number of nitrogens with zero attached hydrogens (tertiary/aromatic N) is 1. The Labute approximate surface area is 207 Å². The van der Waals surface area contributed by atoms with E-state index in [0.29, 0.717) is 24.4 Å². The van der Waals surface area contributed by atoms with Gasteiger partial charge in [0.1, 0.15) is 11.9 Å². The van der Waals surface area contributed by atoms with E-state index in [1.165, 1.54) is 24.3 Å². The number of sulfone groups is 1. The van der Waals surface area contributed by atoms with E-state index < -0.39 is 21.6 Å². The standard InChI is InChI=1S/C26H25F3N2O4S/c1-2-36(33,34)24-13-3-18(4-14-24)15-30-25(32)19-5-9-21(10-6-19)31-16-23(17-31)35-22-11-7-20(8-12-22)26(27,28)29/h3-14,23H,2,15-17H2,1H3,(H,30,32). The molecule has 1 fully saturated rings. The van der Waals surface area contributed by atoms with Gasteiger partial charge in [0.05, 0.1) is 29.3 Å². The Morgan fingerprint density at radius 1 is 0.972 bits per heavy atom. The van der Waals surface area contributed by atoms with E-state index in [-0.39, 0.29) is 29.2 Å². The Balaban J connectivity index is 1.25. The Morgan fingerprint density at radius 2 is 1.58 bits per heavy atom. The molecule has 0 saturated carbocycles. The van der Waals surface area contributed by atoms with Gasteiger partial charge in [0.25, 0.3) is 5.91 Å². The number of nitrogens with one attached hydrogen (secondary N) is 1. The molecule has 0 aliphatic carbocycles. The first-order valence-electron chi connectivity index (χ1n) is 11.3. The molecule has 1 aliphatic heterocycles. The smallest absolute Gasteiger partial charge is 0.416 e. The summed E-state index contributed by atoms with van der Waals surface area (Å²) in [6, 6.07) is 18.2. The predicted molar refractivity (Wildman–Crippen MR) is 130 cm³/mol. The molecule has 3 aromatic carbocycles. The number of hydrogen-bond donors (Lipinski definition) is 1. The van der Waals surface area contributed by atoms with Crippen LogP contribution in [0, 0.1) is 0 Å². The molecule has 1 saturated heterocycles. The lowest BCUT2D eigenvalue weighted by molar-refractivity contribution is -0.137. The summed E-state index contributed by atoms with van der Waals surface area (Å²) in [5, 5.41) is 2.82. The highest BCUT2D eigenvalue weighted by Gasteiger charge is 2.31. The summed E-state index contributed by atoms with van der Waals surface area (Å²) >= 11 is 0. The SMILES string of the molecule is CCS(=O)(=O)c1ccc(CNC(=O)c2ccc(N3CC(Oc4ccc(C(F)(F)F)cc4)C3)cc2)cc1. The average Bonchev–Trinajstić information content (AvgIpc) is 2.84. The van der Waals surface area contributed by atoms with Crippen molar-refractivity contribution in [1.29, 1.82) is 0 Å². The molecule has 1 heterocycles. The normalized spacial score (nSPS) is 14.3. The minimum absolute atomic E-state index is 0.0311. The lowest BCUT2D eigenvalue weighted by atomic mass is 10.1. The number of rotatable bonds is 8. The first-order valence-corrected chi connectivity index (χ1v) is 13.0. The minimum atomic E-state index is -4.37. The zero-order chi connectivity index (χ0) is 25.9. The van der Waals surface area contributed by atoms with Crippen LogP contribution in [0.4, 0.5) is 18.9 Å². The van der Waals surface area contributed by atoms with Crippen molar-refractivity contribution in [2.24, 2.45) is 0 Å². The first-order chi connectivity index (χ1) is 17.0. The van der Waals surface area contributed by atoms with Crippen LogP contribution in [0.15, 0.2) is 77.7 Å². The van der Waals surface area contributed by atoms with E-state index in [2.05, 4.69) is 5.32 Å². The van der Waals surface area contributed by atoms with Crippen LogP contribution in [-0.4, -0.2) is 39.3 Å². The molecule has 0 atom stereocenters. The number of anilines is 1. The van der Waals surface area contributed by atoms with Crippen molar-refractivity contribution < 1.29 is 31.1 Å². The highest BCUT2D eigenvalue weighted by molar-refractivity contribution is 7.91. The van der Waals surface area contributed by atoms with Crippen molar-refractivity contribution in [3.63, 3.8) is 0 Å². The van der Waals surface area contributed by atoms with Gasteiger partial charge in [0.2, 0.25) is 0 Å². The first kappa shape index (κ1) is 25.6. The van der Waals surface area contributed by atoms with Crippen molar-refractivity contribution in [3.8, 4) is 5.75 Å². The summed E-state index contributed by atoms with van der Waals surface area (Å²) in [5.74, 6) is 0.170. The van der Waals surface area contributed by atoms with Crippen molar-refractivity contribution in [2.45, 2.75) is 30.6 Å². The summed E-state index contributed by atoms with van der Waals surface area (Å²) in [6.45, 7) is 3.01. The molecular formula is C26H25F3N2O4S. The molecule has 1 aliphatic rings. The van der Waals surface area contributed by atoms with E-state index in [1.54, 1.807) is 31.2 Å². The maximum absolute atomic E-state index is 12.7. The summed E-state index contributed by atoms with van der Waals surface area (Å²) in [4.78, 5) is 14.8. The number of carbonyl (C=O) groups is 1. The summed E-state index contributed by atoms with van der Waals surface area (Å²) in [6.07, 6.45) is -4.51. The second kappa shape index (κ2) is 10.2. The van der Waals surface area contributed by atoms with Gasteiger partial charge in [-0.2, -0.15) is 13.2 Å². The Hall–Kier alpha value is -3.53. The van der Waals surface area contributed by atoms with Gasteiger partial charge in [0.15, 0.2) is 9.84 Å². The molecule has 6 nitrogen and oxygen atoms in total. The van der Waals surface area contributed by atoms with Gasteiger partial charge in [-0.05, 0) is 66.2 Å². The highest BCUT2D eigenvalue weighted by atomic mass is 32.2. The van der Waals surface area contributed by atoms with Crippen LogP contribution in [0.3, 0.4) is 0 Å². The quantitative estimate of drug-likeness (QED) is 0.468. The molecular weight excluding hydrogens is 493 g/mol. The van der Waals surface area contributed by atoms with Crippen molar-refractivity contribution >= 4 is 21.4 Å². The summed E-state index contributed by atoms with van der Waals surface area (Å²) < 4.78 is 67.5. The van der Waals surface area contributed by atoms with Crippen LogP contribution in [0.1, 0.15) is 28.4 Å². The molecule has 0 bridgehead atoms. The number of carbonyl (C=O) groups excluding carboxylic acids is 1. The van der Waals surface area contributed by atoms with E-state index in [0.717, 1.165) is 23.4 Å². The third-order valence-electron chi connectivity index (χ3n) is 5.94. The van der Waals surface area contributed by atoms with Gasteiger partial charge in [-0.3, -0.25) is 4.79 Å². The molecule has 1 amide bonds. The van der Waals surface area contributed by atoms with Crippen LogP contribution >= 0.6 is 0 Å². The average molecular weight is 519 g/mol. The summed E-state index contributed by atoms with van der Waals surface area (Å²) in [5.41, 5.74) is 1.47. The third-order valence-corrected chi connectivity index (χ3v) is 7.69. The van der Waals surface area contributed by atoms with Crippen LogP contribution in [0.25, 0.3) is 0 Å². The lowest BCUT2D eigenvalue weighted by Crippen LogP contribution is -2.54. The van der Waals surface area contributed by atoms with Crippen molar-refractivity contribution in [1.82, 2.24) is 5.32 Å². The zero-order valence-electron chi connectivity index (χ0n) is 19.5. The van der Waals surface area contributed by atoms with Crippen LogP contribution in [-0.2, 0) is 22.6 Å². The number of hydrogen-bond acceptors (Lipinski definition) is 5. The molecule has 190 valence electrons. The van der Waals surface area contributed by atoms with E-state index in [1.807, 2.05) is 17.0 Å². The maximum atomic E-state index is 12.7. The molecule has 0 spiro atoms. The maximum Gasteiger partial charge on any atom is 0.416 e. The topological polar surface area (TPSA) is 75.7 Å². The van der Waals surface area contributed by atoms with Gasteiger partial charge in [-0.25, -0.2) is 8.42 Å². The van der Waals surface area contributed by atoms with Gasteiger partial charge in [-0.1, -0.05) is 19.1 Å². The third kappa shape index (κ3) is 5.99. The molecule has 3 aromatic rings. The molecule has 0 aromatic heterocycles. The van der Waals surface area contributed by atoms with Crippen molar-refractivity contribution in [3.05, 3.63) is 89.5 Å². The van der Waals surface area contributed by atoms with E-state index in [4.69, 9.17) is 4.74 Å². The number of ether oxygens (including phenoxy) is 1. The summed E-state index contributed by atoms with van der Waals surface area (Å²) in [7, 11) is -3.26. The number of alkyl halides is 3. The monoisotopic (exact) mass is 518 g/mol. The van der Waals surface area contributed by atoms with Gasteiger partial charge >= 0.3 is 6.18 Å². The van der Waals surface area contributed by atoms with Gasteiger partial charge < -0.3 is 15.0 Å². The van der Waals surface area contributed by atoms with Crippen LogP contribution in [0.2, 0.25) is 0 Å². The van der Waals surface area contributed by atoms with Crippen LogP contribution in [0.5, 0.6) is 5.75 Å². The Morgan fingerprint density at radius 3 is 2.14 bits per heavy atom. The molecule has 4 rings (SSSR count). The highest BCUT2D eigenvalue weighted by Crippen LogP contribution is 2.31. The van der Waals surface area contributed by atoms with E-state index in [9.17, 15) is 26.4 Å². The minimum Gasteiger partial charge on any atom is -0.487 e. The fourth-order valence-electron chi connectivity index (χ4n) is 3.73. The van der Waals surface area contributed by atoms with Gasteiger partial charge in [0, 0.05) is 17.8 Å². The Bertz CT molecular complexity index is 1300. The van der Waals surface area contributed by atoms with Crippen LogP contribution < -0.4 is 15.0 Å². The van der Waals surface area contributed by atoms with Crippen molar-refractivity contribution in [2.75, 3.05) is 23.7 Å². The molecule has 10 heteroatoms. The molecule has 0 radical (unpaired) electrons. The number of halogens is 3. The zero-order valence-corrected chi connectivity index (χ0v) is 20.3. The fourth-order valence-corrected chi connectivity index (χ4v) is 4.61. The fraction of sp³-hybridized carbons (Fsp3) is 0.269. The number of amides is 1. The molecule has 0 unspecified atom stereocenters. The van der Waals surface area contributed by atoms with Gasteiger partial charge in [-0.15, -0.1) is 0 Å². The predicted octanol–water partition coefficient (Wildman–Crippen LogP) is 4.70. The second-order valence-electron chi connectivity index (χ2n) is 8.44. The second-order valence-corrected chi connectivity index (χ2v) is 10.7. The van der Waals surface area contributed by atoms with E-state index >= 15 is 0 Å². The lowest BCUT2D eigenvalue weighted by Gasteiger charge is -2.40. The number of benzene rings is 3. The molecule has 36 heavy (non-hydrogen) atoms. The largest absolute Gasteiger partial charge is 0.487 e. The molecule has 1 N–H and O–H groups in total. The Kier molecular flexibility index (Phi) is 7.26.